The average Bonchev–Trinajstić information content (AvgIpc) is 2.83. The van der Waals surface area contributed by atoms with E-state index in [-0.39, 0.29) is 11.8 Å². The molecule has 0 aromatic carbocycles. The van der Waals surface area contributed by atoms with Crippen LogP contribution in [0.15, 0.2) is 10.2 Å². The molecule has 5 heteroatoms. The lowest BCUT2D eigenvalue weighted by Gasteiger charge is -2.31. The van der Waals surface area contributed by atoms with E-state index in [9.17, 15) is 4.79 Å². The molecule has 2 rings (SSSR count). The van der Waals surface area contributed by atoms with E-state index in [0.29, 0.717) is 13.1 Å². The summed E-state index contributed by atoms with van der Waals surface area (Å²) >= 11 is 0. The molecule has 0 aromatic heterocycles. The molecule has 1 spiro atoms. The number of likely N-dealkylation sites (tertiary alicyclic amines) is 1. The number of carbonyl (C=O) groups excluding carboxylic acids is 1. The fraction of sp³-hybridized carbons (Fsp3) is 0.900. The molecule has 2 aliphatic heterocycles. The summed E-state index contributed by atoms with van der Waals surface area (Å²) in [4.78, 5) is 13.4. The molecule has 0 unspecified atom stereocenters. The Morgan fingerprint density at radius 3 is 2.20 bits per heavy atom. The number of hydrogen-bond donors (Lipinski definition) is 0. The van der Waals surface area contributed by atoms with Crippen LogP contribution in [0.2, 0.25) is 0 Å². The molecule has 1 amide bonds. The predicted molar refractivity (Wildman–Crippen MR) is 54.6 cm³/mol. The minimum Gasteiger partial charge on any atom is -0.444 e. The van der Waals surface area contributed by atoms with Gasteiger partial charge in [0.05, 0.1) is 0 Å². The highest BCUT2D eigenvalue weighted by molar-refractivity contribution is 5.68. The second-order valence-electron chi connectivity index (χ2n) is 5.15. The molecule has 1 saturated heterocycles. The van der Waals surface area contributed by atoms with E-state index < -0.39 is 5.60 Å². The van der Waals surface area contributed by atoms with Gasteiger partial charge in [0.1, 0.15) is 5.60 Å². The van der Waals surface area contributed by atoms with Crippen LogP contribution >= 0.6 is 0 Å². The summed E-state index contributed by atoms with van der Waals surface area (Å²) in [5.41, 5.74) is -0.543. The molecular formula is C10H17N3O2. The fourth-order valence-corrected chi connectivity index (χ4v) is 1.64. The van der Waals surface area contributed by atoms with E-state index in [1.54, 1.807) is 4.90 Å². The Balaban J connectivity index is 1.82. The normalized spacial score (nSPS) is 23.0. The Kier molecular flexibility index (Phi) is 2.20. The molecule has 0 atom stereocenters. The first-order valence-electron chi connectivity index (χ1n) is 5.32. The first kappa shape index (κ1) is 10.4. The van der Waals surface area contributed by atoms with Crippen molar-refractivity contribution in [3.8, 4) is 0 Å². The molecule has 0 aromatic rings. The van der Waals surface area contributed by atoms with Gasteiger partial charge in [-0.1, -0.05) is 0 Å². The van der Waals surface area contributed by atoms with Crippen LogP contribution in [0.3, 0.4) is 0 Å². The number of hydrogen-bond acceptors (Lipinski definition) is 4. The number of amides is 1. The second-order valence-corrected chi connectivity index (χ2v) is 5.15. The zero-order valence-electron chi connectivity index (χ0n) is 9.49. The van der Waals surface area contributed by atoms with E-state index >= 15 is 0 Å². The average molecular weight is 211 g/mol. The second kappa shape index (κ2) is 3.18. The molecule has 2 aliphatic rings. The van der Waals surface area contributed by atoms with Crippen LogP contribution in [-0.4, -0.2) is 35.3 Å². The third-order valence-corrected chi connectivity index (χ3v) is 2.60. The minimum atomic E-state index is -0.416. The first-order valence-corrected chi connectivity index (χ1v) is 5.32. The Morgan fingerprint density at radius 1 is 1.27 bits per heavy atom. The molecular weight excluding hydrogens is 194 g/mol. The van der Waals surface area contributed by atoms with Gasteiger partial charge in [0, 0.05) is 25.9 Å². The van der Waals surface area contributed by atoms with Crippen molar-refractivity contribution in [2.45, 2.75) is 44.9 Å². The lowest BCUT2D eigenvalue weighted by atomic mass is 10.0. The Bertz CT molecular complexity index is 290. The highest BCUT2D eigenvalue weighted by atomic mass is 16.6. The Hall–Kier alpha value is -1.13. The van der Waals surface area contributed by atoms with Crippen molar-refractivity contribution < 1.29 is 9.53 Å². The van der Waals surface area contributed by atoms with Gasteiger partial charge in [-0.25, -0.2) is 4.79 Å². The van der Waals surface area contributed by atoms with Gasteiger partial charge in [-0.15, -0.1) is 0 Å². The van der Waals surface area contributed by atoms with Crippen LogP contribution in [0.4, 0.5) is 4.79 Å². The summed E-state index contributed by atoms with van der Waals surface area (Å²) < 4.78 is 5.29. The molecule has 0 saturated carbocycles. The Labute approximate surface area is 89.5 Å². The summed E-state index contributed by atoms with van der Waals surface area (Å²) in [5, 5.41) is 8.02. The number of nitrogens with zero attached hydrogens (tertiary/aromatic N) is 3. The van der Waals surface area contributed by atoms with Gasteiger partial charge in [0.15, 0.2) is 5.66 Å². The highest BCUT2D eigenvalue weighted by Gasteiger charge is 2.44. The minimum absolute atomic E-state index is 0.126. The summed E-state index contributed by atoms with van der Waals surface area (Å²) in [6.45, 7) is 7.02. The van der Waals surface area contributed by atoms with Crippen molar-refractivity contribution >= 4 is 6.09 Å². The van der Waals surface area contributed by atoms with Gasteiger partial charge < -0.3 is 9.64 Å². The zero-order valence-corrected chi connectivity index (χ0v) is 9.49. The predicted octanol–water partition coefficient (Wildman–Crippen LogP) is 2.18. The van der Waals surface area contributed by atoms with Crippen molar-refractivity contribution in [3.63, 3.8) is 0 Å². The van der Waals surface area contributed by atoms with Crippen LogP contribution in [0.5, 0.6) is 0 Å². The summed E-state index contributed by atoms with van der Waals surface area (Å²) in [7, 11) is 0. The highest BCUT2D eigenvalue weighted by Crippen LogP contribution is 2.38. The first-order chi connectivity index (χ1) is 6.90. The quantitative estimate of drug-likeness (QED) is 0.616. The maximum atomic E-state index is 11.7. The van der Waals surface area contributed by atoms with E-state index in [2.05, 4.69) is 10.2 Å². The largest absolute Gasteiger partial charge is 0.444 e. The van der Waals surface area contributed by atoms with E-state index in [1.807, 2.05) is 20.8 Å². The molecule has 15 heavy (non-hydrogen) atoms. The van der Waals surface area contributed by atoms with Gasteiger partial charge in [0.2, 0.25) is 0 Å². The molecule has 0 bridgehead atoms. The third-order valence-electron chi connectivity index (χ3n) is 2.60. The van der Waals surface area contributed by atoms with Crippen LogP contribution in [-0.2, 0) is 4.74 Å². The van der Waals surface area contributed by atoms with Crippen LogP contribution in [0.1, 0.15) is 33.6 Å². The van der Waals surface area contributed by atoms with Crippen molar-refractivity contribution in [2.24, 2.45) is 10.2 Å². The molecule has 0 aliphatic carbocycles. The van der Waals surface area contributed by atoms with Crippen molar-refractivity contribution in [1.82, 2.24) is 4.90 Å². The summed E-state index contributed by atoms with van der Waals surface area (Å²) in [6, 6.07) is 0. The number of carbonyl (C=O) groups is 1. The van der Waals surface area contributed by atoms with Gasteiger partial charge in [0.25, 0.3) is 0 Å². The van der Waals surface area contributed by atoms with Crippen LogP contribution in [0, 0.1) is 0 Å². The standard InChI is InChI=1S/C10H17N3O2/c1-9(2,3)15-8(14)13-6-4-10(5-7-13)11-12-10/h4-7H2,1-3H3. The molecule has 2 heterocycles. The molecule has 5 nitrogen and oxygen atoms in total. The van der Waals surface area contributed by atoms with E-state index in [4.69, 9.17) is 4.74 Å². The summed E-state index contributed by atoms with van der Waals surface area (Å²) in [6.07, 6.45) is 1.45. The van der Waals surface area contributed by atoms with Crippen LogP contribution in [0.25, 0.3) is 0 Å². The van der Waals surface area contributed by atoms with E-state index in [1.165, 1.54) is 0 Å². The van der Waals surface area contributed by atoms with Gasteiger partial charge in [-0.3, -0.25) is 0 Å². The maximum absolute atomic E-state index is 11.7. The smallest absolute Gasteiger partial charge is 0.410 e. The topological polar surface area (TPSA) is 54.3 Å². The number of rotatable bonds is 0. The number of ether oxygens (including phenoxy) is 1. The summed E-state index contributed by atoms with van der Waals surface area (Å²) in [5.74, 6) is 0. The van der Waals surface area contributed by atoms with Crippen molar-refractivity contribution in [2.75, 3.05) is 13.1 Å². The monoisotopic (exact) mass is 211 g/mol. The SMILES string of the molecule is CC(C)(C)OC(=O)N1CCC2(CC1)N=N2. The number of piperidine rings is 1. The van der Waals surface area contributed by atoms with Gasteiger partial charge in [-0.2, -0.15) is 10.2 Å². The Morgan fingerprint density at radius 2 is 1.80 bits per heavy atom. The third kappa shape index (κ3) is 2.46. The fourth-order valence-electron chi connectivity index (χ4n) is 1.64. The van der Waals surface area contributed by atoms with Gasteiger partial charge in [-0.05, 0) is 20.8 Å². The van der Waals surface area contributed by atoms with E-state index in [0.717, 1.165) is 12.8 Å². The molecule has 1 fully saturated rings. The van der Waals surface area contributed by atoms with Gasteiger partial charge >= 0.3 is 6.09 Å². The lowest BCUT2D eigenvalue weighted by molar-refractivity contribution is 0.0195. The van der Waals surface area contributed by atoms with Crippen molar-refractivity contribution in [3.05, 3.63) is 0 Å². The van der Waals surface area contributed by atoms with Crippen molar-refractivity contribution in [1.29, 1.82) is 0 Å². The zero-order chi connectivity index (χ0) is 11.1. The lowest BCUT2D eigenvalue weighted by Crippen LogP contribution is -2.43. The molecule has 84 valence electrons. The maximum Gasteiger partial charge on any atom is 0.410 e. The van der Waals surface area contributed by atoms with Crippen LogP contribution < -0.4 is 0 Å². The molecule has 0 N–H and O–H groups in total. The molecule has 0 radical (unpaired) electrons.